The molecule has 29 heavy (non-hydrogen) atoms. The van der Waals surface area contributed by atoms with Gasteiger partial charge in [-0.05, 0) is 36.6 Å². The molecule has 1 fully saturated rings. The van der Waals surface area contributed by atoms with Gasteiger partial charge in [-0.25, -0.2) is 9.59 Å². The van der Waals surface area contributed by atoms with E-state index in [1.807, 2.05) is 0 Å². The number of rotatable bonds is 5. The van der Waals surface area contributed by atoms with E-state index in [2.05, 4.69) is 10.6 Å². The van der Waals surface area contributed by atoms with Crippen molar-refractivity contribution in [1.82, 2.24) is 10.6 Å². The predicted molar refractivity (Wildman–Crippen MR) is 106 cm³/mol. The number of esters is 1. The summed E-state index contributed by atoms with van der Waals surface area (Å²) in [6, 6.07) is 4.88. The highest BCUT2D eigenvalue weighted by molar-refractivity contribution is 5.96. The Hall–Kier alpha value is -3.03. The molecule has 3 rings (SSSR count). The molecular weight excluding hydrogens is 376 g/mol. The Bertz CT molecular complexity index is 770. The van der Waals surface area contributed by atoms with Gasteiger partial charge in [0, 0.05) is 18.5 Å². The van der Waals surface area contributed by atoms with E-state index in [1.54, 1.807) is 24.3 Å². The van der Waals surface area contributed by atoms with Crippen molar-refractivity contribution in [2.24, 2.45) is 0 Å². The second-order valence-electron chi connectivity index (χ2n) is 7.05. The zero-order valence-electron chi connectivity index (χ0n) is 16.3. The topological polar surface area (TPSA) is 103 Å². The van der Waals surface area contributed by atoms with Gasteiger partial charge in [0.25, 0.3) is 5.91 Å². The molecule has 1 aromatic rings. The van der Waals surface area contributed by atoms with Crippen LogP contribution in [0.2, 0.25) is 0 Å². The summed E-state index contributed by atoms with van der Waals surface area (Å²) in [6.45, 7) is 0.656. The molecule has 0 atom stereocenters. The van der Waals surface area contributed by atoms with Crippen LogP contribution in [-0.2, 0) is 14.3 Å². The molecule has 1 aromatic carbocycles. The number of carbonyl (C=O) groups is 3. The van der Waals surface area contributed by atoms with E-state index in [9.17, 15) is 14.4 Å². The molecule has 0 bridgehead atoms. The minimum atomic E-state index is -0.681. The van der Waals surface area contributed by atoms with Crippen molar-refractivity contribution in [3.63, 3.8) is 0 Å². The van der Waals surface area contributed by atoms with Gasteiger partial charge >= 0.3 is 12.0 Å². The molecule has 156 valence electrons. The largest absolute Gasteiger partial charge is 0.490 e. The third-order valence-corrected chi connectivity index (χ3v) is 4.72. The molecule has 2 aliphatic rings. The van der Waals surface area contributed by atoms with Gasteiger partial charge in [0.15, 0.2) is 18.1 Å². The van der Waals surface area contributed by atoms with Crippen molar-refractivity contribution in [1.29, 1.82) is 0 Å². The second-order valence-corrected chi connectivity index (χ2v) is 7.05. The lowest BCUT2D eigenvalue weighted by molar-refractivity contribution is -0.143. The van der Waals surface area contributed by atoms with Gasteiger partial charge < -0.3 is 19.5 Å². The normalized spacial score (nSPS) is 16.7. The Morgan fingerprint density at radius 1 is 1.03 bits per heavy atom. The number of hydrogen-bond acceptors (Lipinski definition) is 6. The lowest BCUT2D eigenvalue weighted by Crippen LogP contribution is -2.46. The highest BCUT2D eigenvalue weighted by Crippen LogP contribution is 2.30. The summed E-state index contributed by atoms with van der Waals surface area (Å²) in [4.78, 5) is 35.4. The summed E-state index contributed by atoms with van der Waals surface area (Å²) in [5.74, 6) is -0.0534. The Kier molecular flexibility index (Phi) is 7.49. The highest BCUT2D eigenvalue weighted by Gasteiger charge is 2.17. The van der Waals surface area contributed by atoms with E-state index in [0.29, 0.717) is 24.7 Å². The molecule has 0 unspecified atom stereocenters. The van der Waals surface area contributed by atoms with Crippen LogP contribution in [0.1, 0.15) is 44.1 Å². The summed E-state index contributed by atoms with van der Waals surface area (Å²) in [7, 11) is 0. The fourth-order valence-electron chi connectivity index (χ4n) is 3.26. The van der Waals surface area contributed by atoms with Gasteiger partial charge in [0.1, 0.15) is 0 Å². The Morgan fingerprint density at radius 3 is 2.59 bits per heavy atom. The molecular formula is C21H26N2O6. The summed E-state index contributed by atoms with van der Waals surface area (Å²) < 4.78 is 16.0. The first-order valence-electron chi connectivity index (χ1n) is 9.95. The van der Waals surface area contributed by atoms with Crippen molar-refractivity contribution < 1.29 is 28.6 Å². The number of benzene rings is 1. The molecule has 8 nitrogen and oxygen atoms in total. The van der Waals surface area contributed by atoms with Gasteiger partial charge in [-0.3, -0.25) is 10.1 Å². The monoisotopic (exact) mass is 402 g/mol. The Labute approximate surface area is 169 Å². The smallest absolute Gasteiger partial charge is 0.331 e. The highest BCUT2D eigenvalue weighted by atomic mass is 16.5. The average Bonchev–Trinajstić information content (AvgIpc) is 2.96. The van der Waals surface area contributed by atoms with Crippen LogP contribution >= 0.6 is 0 Å². The molecule has 0 saturated heterocycles. The third kappa shape index (κ3) is 6.81. The number of amides is 3. The van der Waals surface area contributed by atoms with Crippen LogP contribution in [0.25, 0.3) is 6.08 Å². The lowest BCUT2D eigenvalue weighted by atomic mass is 9.96. The fourth-order valence-corrected chi connectivity index (χ4v) is 3.26. The first kappa shape index (κ1) is 20.7. The molecule has 1 heterocycles. The van der Waals surface area contributed by atoms with Crippen LogP contribution in [0.3, 0.4) is 0 Å². The van der Waals surface area contributed by atoms with Crippen molar-refractivity contribution in [3.05, 3.63) is 29.8 Å². The maximum Gasteiger partial charge on any atom is 0.331 e. The summed E-state index contributed by atoms with van der Waals surface area (Å²) in [5.41, 5.74) is 0.738. The fraction of sp³-hybridized carbons (Fsp3) is 0.476. The van der Waals surface area contributed by atoms with Crippen molar-refractivity contribution in [2.75, 3.05) is 19.8 Å². The van der Waals surface area contributed by atoms with Crippen LogP contribution in [0.4, 0.5) is 4.79 Å². The number of imide groups is 1. The van der Waals surface area contributed by atoms with Crippen LogP contribution in [0.5, 0.6) is 11.5 Å². The van der Waals surface area contributed by atoms with Crippen LogP contribution in [-0.4, -0.2) is 43.8 Å². The molecule has 2 N–H and O–H groups in total. The van der Waals surface area contributed by atoms with Gasteiger partial charge in [-0.2, -0.15) is 0 Å². The van der Waals surface area contributed by atoms with Crippen molar-refractivity contribution >= 4 is 24.0 Å². The van der Waals surface area contributed by atoms with Crippen LogP contribution in [0.15, 0.2) is 24.3 Å². The Balaban J connectivity index is 1.40. The molecule has 0 spiro atoms. The SMILES string of the molecule is O=C(COC(=O)/C=C/c1ccc2c(c1)OCCCO2)NC(=O)NC1CCCCC1. The van der Waals surface area contributed by atoms with Crippen molar-refractivity contribution in [3.8, 4) is 11.5 Å². The van der Waals surface area contributed by atoms with Crippen LogP contribution < -0.4 is 20.1 Å². The first-order chi connectivity index (χ1) is 14.1. The number of ether oxygens (including phenoxy) is 3. The number of nitrogens with one attached hydrogen (secondary N) is 2. The summed E-state index contributed by atoms with van der Waals surface area (Å²) in [5, 5.41) is 4.94. The molecule has 8 heteroatoms. The van der Waals surface area contributed by atoms with E-state index in [1.165, 1.54) is 12.5 Å². The maximum absolute atomic E-state index is 11.8. The standard InChI is InChI=1S/C21H26N2O6/c24-19(23-21(26)22-16-5-2-1-3-6-16)14-29-20(25)10-8-15-7-9-17-18(13-15)28-12-4-11-27-17/h7-10,13,16H,1-6,11-12,14H2,(H2,22,23,24,26)/b10-8+. The van der Waals surface area contributed by atoms with Crippen LogP contribution in [0, 0.1) is 0 Å². The minimum absolute atomic E-state index is 0.0947. The van der Waals surface area contributed by atoms with E-state index in [0.717, 1.165) is 37.7 Å². The average molecular weight is 402 g/mol. The van der Waals surface area contributed by atoms with Gasteiger partial charge in [0.05, 0.1) is 13.2 Å². The Morgan fingerprint density at radius 2 is 1.79 bits per heavy atom. The number of hydrogen-bond donors (Lipinski definition) is 2. The quantitative estimate of drug-likeness (QED) is 0.580. The third-order valence-electron chi connectivity index (χ3n) is 4.72. The van der Waals surface area contributed by atoms with E-state index in [-0.39, 0.29) is 6.04 Å². The first-order valence-corrected chi connectivity index (χ1v) is 9.95. The molecule has 1 saturated carbocycles. The van der Waals surface area contributed by atoms with E-state index >= 15 is 0 Å². The zero-order valence-corrected chi connectivity index (χ0v) is 16.3. The predicted octanol–water partition coefficient (Wildman–Crippen LogP) is 2.56. The summed E-state index contributed by atoms with van der Waals surface area (Å²) in [6.07, 6.45) is 8.75. The number of urea groups is 1. The zero-order chi connectivity index (χ0) is 20.5. The number of fused-ring (bicyclic) bond motifs is 1. The molecule has 1 aliphatic carbocycles. The maximum atomic E-state index is 11.8. The van der Waals surface area contributed by atoms with Gasteiger partial charge in [-0.1, -0.05) is 25.3 Å². The van der Waals surface area contributed by atoms with Crippen molar-refractivity contribution in [2.45, 2.75) is 44.6 Å². The molecule has 0 aromatic heterocycles. The van der Waals surface area contributed by atoms with E-state index < -0.39 is 24.5 Å². The second kappa shape index (κ2) is 10.5. The molecule has 3 amide bonds. The molecule has 1 aliphatic heterocycles. The minimum Gasteiger partial charge on any atom is -0.490 e. The van der Waals surface area contributed by atoms with Gasteiger partial charge in [-0.15, -0.1) is 0 Å². The molecule has 0 radical (unpaired) electrons. The van der Waals surface area contributed by atoms with Gasteiger partial charge in [0.2, 0.25) is 0 Å². The van der Waals surface area contributed by atoms with E-state index in [4.69, 9.17) is 14.2 Å². The number of carbonyl (C=O) groups excluding carboxylic acids is 3. The lowest BCUT2D eigenvalue weighted by Gasteiger charge is -2.22. The summed E-state index contributed by atoms with van der Waals surface area (Å²) >= 11 is 0.